The minimum absolute atomic E-state index is 0.0155. The topological polar surface area (TPSA) is 144 Å². The number of nitrogen functional groups attached to an aromatic ring is 1. The van der Waals surface area contributed by atoms with Gasteiger partial charge < -0.3 is 14.9 Å². The third-order valence-corrected chi connectivity index (χ3v) is 10.5. The molecule has 1 unspecified atom stereocenters. The highest BCUT2D eigenvalue weighted by atomic mass is 35.5. The molecule has 14 heteroatoms. The average Bonchev–Trinajstić information content (AvgIpc) is 3.17. The summed E-state index contributed by atoms with van der Waals surface area (Å²) < 4.78 is 29.5. The number of nitrogens with zero attached hydrogens (tertiary/aromatic N) is 4. The van der Waals surface area contributed by atoms with Gasteiger partial charge in [0.1, 0.15) is 24.5 Å². The van der Waals surface area contributed by atoms with Crippen LogP contribution in [0.5, 0.6) is 0 Å². The van der Waals surface area contributed by atoms with Crippen molar-refractivity contribution in [1.82, 2.24) is 19.5 Å². The standard InChI is InChI=1S/C16H25ClN5O6PSi/c1-16(2,3)30(4,5)27-9-6-11(26-10(9)7-25-28-29(23)24)22-8-19-12-13(17)20-15(18)21-14(12)22/h8-11H,6-7H2,1-5H3,(H2-,18,20,21,23,24)/p+1/t9-,10+,11+/m0/s1. The average molecular weight is 479 g/mol. The van der Waals surface area contributed by atoms with Crippen LogP contribution in [0.25, 0.3) is 11.2 Å². The Hall–Kier alpha value is -1.24. The maximum atomic E-state index is 10.8. The molecule has 0 aliphatic carbocycles. The van der Waals surface area contributed by atoms with Crippen LogP contribution in [-0.4, -0.2) is 51.5 Å². The molecule has 0 radical (unpaired) electrons. The summed E-state index contributed by atoms with van der Waals surface area (Å²) in [4.78, 5) is 26.1. The lowest BCUT2D eigenvalue weighted by atomic mass is 10.2. The summed E-state index contributed by atoms with van der Waals surface area (Å²) in [7, 11) is -5.01. The zero-order valence-corrected chi connectivity index (χ0v) is 20.1. The Morgan fingerprint density at radius 3 is 2.77 bits per heavy atom. The van der Waals surface area contributed by atoms with E-state index in [4.69, 9.17) is 36.3 Å². The van der Waals surface area contributed by atoms with Gasteiger partial charge in [0.05, 0.1) is 17.1 Å². The molecule has 11 nitrogen and oxygen atoms in total. The second kappa shape index (κ2) is 8.71. The van der Waals surface area contributed by atoms with Crippen molar-refractivity contribution in [1.29, 1.82) is 0 Å². The van der Waals surface area contributed by atoms with Gasteiger partial charge in [0.2, 0.25) is 5.95 Å². The summed E-state index contributed by atoms with van der Waals surface area (Å²) in [5.41, 5.74) is 6.59. The molecule has 2 aromatic heterocycles. The molecule has 1 aliphatic heterocycles. The summed E-state index contributed by atoms with van der Waals surface area (Å²) in [6, 6.07) is 0. The fourth-order valence-electron chi connectivity index (χ4n) is 2.95. The highest BCUT2D eigenvalue weighted by molar-refractivity contribution is 7.31. The summed E-state index contributed by atoms with van der Waals surface area (Å²) in [6.07, 6.45) is 0.697. The molecule has 4 atom stereocenters. The largest absolute Gasteiger partial charge is 0.725 e. The molecule has 1 aliphatic rings. The van der Waals surface area contributed by atoms with Crippen LogP contribution in [0.1, 0.15) is 33.4 Å². The molecule has 0 aromatic carbocycles. The predicted molar refractivity (Wildman–Crippen MR) is 112 cm³/mol. The van der Waals surface area contributed by atoms with Crippen LogP contribution < -0.4 is 5.73 Å². The Morgan fingerprint density at radius 2 is 2.13 bits per heavy atom. The summed E-state index contributed by atoms with van der Waals surface area (Å²) >= 11 is 6.12. The van der Waals surface area contributed by atoms with Crippen molar-refractivity contribution in [3.05, 3.63) is 11.5 Å². The number of halogens is 1. The van der Waals surface area contributed by atoms with Crippen molar-refractivity contribution in [2.75, 3.05) is 12.3 Å². The van der Waals surface area contributed by atoms with Crippen molar-refractivity contribution < 1.29 is 28.2 Å². The fourth-order valence-corrected chi connectivity index (χ4v) is 4.68. The van der Waals surface area contributed by atoms with Crippen LogP contribution in [0.4, 0.5) is 5.95 Å². The molecule has 0 bridgehead atoms. The number of anilines is 1. The zero-order chi connectivity index (χ0) is 22.3. The molecule has 1 saturated heterocycles. The van der Waals surface area contributed by atoms with Crippen LogP contribution in [0.3, 0.4) is 0 Å². The van der Waals surface area contributed by atoms with Crippen molar-refractivity contribution in [2.45, 2.75) is 63.8 Å². The van der Waals surface area contributed by atoms with E-state index in [0.717, 1.165) is 0 Å². The van der Waals surface area contributed by atoms with Gasteiger partial charge in [-0.05, 0) is 18.1 Å². The van der Waals surface area contributed by atoms with Gasteiger partial charge >= 0.3 is 8.25 Å². The molecular weight excluding hydrogens is 453 g/mol. The zero-order valence-electron chi connectivity index (χ0n) is 17.4. The van der Waals surface area contributed by atoms with Gasteiger partial charge in [0.15, 0.2) is 19.1 Å². The Kier molecular flexibility index (Phi) is 6.80. The third kappa shape index (κ3) is 4.97. The maximum absolute atomic E-state index is 10.8. The van der Waals surface area contributed by atoms with Gasteiger partial charge in [-0.1, -0.05) is 32.4 Å². The number of rotatable bonds is 7. The molecule has 0 saturated carbocycles. The first-order valence-corrected chi connectivity index (χ1v) is 13.8. The highest BCUT2D eigenvalue weighted by Crippen LogP contribution is 2.41. The number of imidazole rings is 1. The van der Waals surface area contributed by atoms with E-state index >= 15 is 0 Å². The Morgan fingerprint density at radius 1 is 1.43 bits per heavy atom. The van der Waals surface area contributed by atoms with Crippen LogP contribution >= 0.6 is 19.9 Å². The molecule has 0 spiro atoms. The maximum Gasteiger partial charge on any atom is 0.725 e. The smallest absolute Gasteiger partial charge is 0.411 e. The predicted octanol–water partition coefficient (Wildman–Crippen LogP) is 3.34. The first-order chi connectivity index (χ1) is 13.9. The van der Waals surface area contributed by atoms with Crippen molar-refractivity contribution in [2.24, 2.45) is 0 Å². The van der Waals surface area contributed by atoms with E-state index in [1.807, 2.05) is 0 Å². The van der Waals surface area contributed by atoms with Gasteiger partial charge in [-0.25, -0.2) is 4.98 Å². The third-order valence-electron chi connectivity index (χ3n) is 5.49. The van der Waals surface area contributed by atoms with Crippen LogP contribution in [0.2, 0.25) is 23.3 Å². The lowest BCUT2D eigenvalue weighted by Gasteiger charge is -2.39. The molecule has 1 fully saturated rings. The van der Waals surface area contributed by atoms with Crippen LogP contribution in [0, 0.1) is 0 Å². The van der Waals surface area contributed by atoms with E-state index in [1.165, 1.54) is 0 Å². The molecule has 0 amide bonds. The highest BCUT2D eigenvalue weighted by Gasteiger charge is 2.45. The van der Waals surface area contributed by atoms with E-state index in [-0.39, 0.29) is 28.9 Å². The van der Waals surface area contributed by atoms with Gasteiger partial charge in [0, 0.05) is 11.0 Å². The quantitative estimate of drug-likeness (QED) is 0.200. The summed E-state index contributed by atoms with van der Waals surface area (Å²) in [6.45, 7) is 10.6. The number of aromatic nitrogens is 4. The number of hydrogen-bond acceptors (Lipinski definition) is 9. The van der Waals surface area contributed by atoms with Gasteiger partial charge in [-0.3, -0.25) is 4.57 Å². The molecular formula is C16H26ClN5O6PSi+. The van der Waals surface area contributed by atoms with Gasteiger partial charge in [-0.15, -0.1) is 4.89 Å². The molecule has 3 rings (SSSR count). The lowest BCUT2D eigenvalue weighted by Crippen LogP contribution is -2.46. The van der Waals surface area contributed by atoms with Crippen molar-refractivity contribution in [3.8, 4) is 0 Å². The molecule has 3 N–H and O–H groups in total. The Labute approximate surface area is 180 Å². The first-order valence-electron chi connectivity index (χ1n) is 9.33. The normalized spacial score (nSPS) is 23.3. The van der Waals surface area contributed by atoms with Crippen molar-refractivity contribution in [3.63, 3.8) is 0 Å². The minimum Gasteiger partial charge on any atom is -0.411 e. The van der Waals surface area contributed by atoms with Gasteiger partial charge in [-0.2, -0.15) is 14.9 Å². The van der Waals surface area contributed by atoms with E-state index in [1.54, 1.807) is 10.9 Å². The van der Waals surface area contributed by atoms with Crippen LogP contribution in [-0.2, 0) is 23.3 Å². The molecule has 3 heterocycles. The van der Waals surface area contributed by atoms with Crippen LogP contribution in [0.15, 0.2) is 6.33 Å². The molecule has 30 heavy (non-hydrogen) atoms. The minimum atomic E-state index is -2.88. The van der Waals surface area contributed by atoms with Crippen molar-refractivity contribution >= 4 is 45.3 Å². The summed E-state index contributed by atoms with van der Waals surface area (Å²) in [5.74, 6) is 0.0290. The SMILES string of the molecule is CC(C)(C)[Si](C)(C)O[C@H]1C[C@H](n2cnc3c(Cl)nc(N)nc32)O[C@@H]1COO[P+](=O)O. The number of nitrogens with two attached hydrogens (primary N) is 1. The second-order valence-electron chi connectivity index (χ2n) is 8.58. The monoisotopic (exact) mass is 478 g/mol. The molecule has 166 valence electrons. The van der Waals surface area contributed by atoms with E-state index in [2.05, 4.69) is 53.5 Å². The van der Waals surface area contributed by atoms with E-state index < -0.39 is 28.9 Å². The lowest BCUT2D eigenvalue weighted by molar-refractivity contribution is -0.234. The number of ether oxygens (including phenoxy) is 1. The fraction of sp³-hybridized carbons (Fsp3) is 0.688. The Balaban J connectivity index is 1.86. The molecule has 2 aromatic rings. The summed E-state index contributed by atoms with van der Waals surface area (Å²) in [5, 5.41) is 0.140. The number of fused-ring (bicyclic) bond motifs is 1. The first kappa shape index (κ1) is 23.4. The number of hydrogen-bond donors (Lipinski definition) is 2. The van der Waals surface area contributed by atoms with E-state index in [0.29, 0.717) is 17.6 Å². The van der Waals surface area contributed by atoms with Gasteiger partial charge in [0.25, 0.3) is 0 Å². The second-order valence-corrected chi connectivity index (χ2v) is 14.3. The van der Waals surface area contributed by atoms with E-state index in [9.17, 15) is 4.57 Å². The Bertz CT molecular complexity index is 939.